The van der Waals surface area contributed by atoms with Crippen LogP contribution in [-0.2, 0) is 4.79 Å². The van der Waals surface area contributed by atoms with Crippen molar-refractivity contribution in [3.8, 4) is 0 Å². The molecule has 0 spiro atoms. The summed E-state index contributed by atoms with van der Waals surface area (Å²) < 4.78 is 17.0. The van der Waals surface area contributed by atoms with Gasteiger partial charge in [0.05, 0.1) is 17.9 Å². The van der Waals surface area contributed by atoms with Gasteiger partial charge in [0.25, 0.3) is 0 Å². The molecule has 3 heterocycles. The maximum absolute atomic E-state index is 15.0. The Hall–Kier alpha value is -3.40. The van der Waals surface area contributed by atoms with E-state index in [1.165, 1.54) is 6.07 Å². The standard InChI is InChI=1S/C29H39FN6O3/c1-17(2)36-16-31-27-24(30)11-20(12-25(27)36)23-13-26(34(4)14-18(23)3)33-28(38)19-6-5-7-21(10-19)32-29(39)35-9-8-22(37)15-35/h11-14,16-17,19,21-22,26,37H,5-10,15H2,1-4H3,(H,32,39)(H,33,38)/t19-,21+,22-,26?/m0/s1. The summed E-state index contributed by atoms with van der Waals surface area (Å²) >= 11 is 0. The van der Waals surface area contributed by atoms with Crippen LogP contribution in [0.4, 0.5) is 9.18 Å². The lowest BCUT2D eigenvalue weighted by Gasteiger charge is -2.34. The highest BCUT2D eigenvalue weighted by molar-refractivity contribution is 5.87. The molecule has 0 bridgehead atoms. The molecule has 5 rings (SSSR count). The number of hydrogen-bond donors (Lipinski definition) is 3. The number of aliphatic hydroxyl groups is 1. The number of aromatic nitrogens is 2. The fourth-order valence-electron chi connectivity index (χ4n) is 6.00. The normalized spacial score (nSPS) is 25.6. The molecular formula is C29H39FN6O3. The van der Waals surface area contributed by atoms with Crippen LogP contribution in [0, 0.1) is 11.7 Å². The Kier molecular flexibility index (Phi) is 7.66. The second kappa shape index (κ2) is 11.0. The number of rotatable bonds is 5. The van der Waals surface area contributed by atoms with Crippen molar-refractivity contribution in [1.29, 1.82) is 0 Å². The van der Waals surface area contributed by atoms with Crippen LogP contribution in [0.15, 0.2) is 36.3 Å². The van der Waals surface area contributed by atoms with Gasteiger partial charge in [-0.15, -0.1) is 0 Å². The van der Waals surface area contributed by atoms with Crippen molar-refractivity contribution >= 4 is 28.5 Å². The number of aliphatic hydroxyl groups excluding tert-OH is 1. The number of imidazole rings is 1. The van der Waals surface area contributed by atoms with Crippen molar-refractivity contribution in [2.24, 2.45) is 5.92 Å². The molecule has 0 radical (unpaired) electrons. The van der Waals surface area contributed by atoms with Gasteiger partial charge in [0.1, 0.15) is 11.7 Å². The summed E-state index contributed by atoms with van der Waals surface area (Å²) in [5, 5.41) is 16.0. The van der Waals surface area contributed by atoms with Gasteiger partial charge in [0.15, 0.2) is 5.82 Å². The van der Waals surface area contributed by atoms with Crippen molar-refractivity contribution in [3.63, 3.8) is 0 Å². The average molecular weight is 539 g/mol. The summed E-state index contributed by atoms with van der Waals surface area (Å²) in [5.41, 5.74) is 3.69. The molecular weight excluding hydrogens is 499 g/mol. The van der Waals surface area contributed by atoms with Crippen LogP contribution in [0.2, 0.25) is 0 Å². The number of urea groups is 1. The molecule has 9 nitrogen and oxygen atoms in total. The van der Waals surface area contributed by atoms with Gasteiger partial charge < -0.3 is 30.1 Å². The summed E-state index contributed by atoms with van der Waals surface area (Å²) in [7, 11) is 1.91. The van der Waals surface area contributed by atoms with E-state index in [-0.39, 0.29) is 41.9 Å². The maximum atomic E-state index is 15.0. The van der Waals surface area contributed by atoms with Crippen molar-refractivity contribution in [2.45, 2.75) is 77.2 Å². The predicted molar refractivity (Wildman–Crippen MR) is 148 cm³/mol. The molecule has 2 aromatic rings. The number of likely N-dealkylation sites (tertiary alicyclic amines) is 1. The first-order valence-electron chi connectivity index (χ1n) is 13.9. The number of nitrogens with zero attached hydrogens (tertiary/aromatic N) is 4. The van der Waals surface area contributed by atoms with Gasteiger partial charge in [-0.05, 0) is 81.4 Å². The fourth-order valence-corrected chi connectivity index (χ4v) is 6.00. The number of allylic oxidation sites excluding steroid dienone is 2. The number of amides is 3. The predicted octanol–water partition coefficient (Wildman–Crippen LogP) is 3.77. The Morgan fingerprint density at radius 3 is 2.69 bits per heavy atom. The second-order valence-corrected chi connectivity index (χ2v) is 11.5. The van der Waals surface area contributed by atoms with Crippen LogP contribution >= 0.6 is 0 Å². The average Bonchev–Trinajstić information content (AvgIpc) is 3.52. The van der Waals surface area contributed by atoms with Gasteiger partial charge in [-0.3, -0.25) is 4.79 Å². The Bertz CT molecular complexity index is 1320. The Labute approximate surface area is 228 Å². The second-order valence-electron chi connectivity index (χ2n) is 11.5. The van der Waals surface area contributed by atoms with E-state index in [2.05, 4.69) is 15.6 Å². The third kappa shape index (κ3) is 5.66. The summed E-state index contributed by atoms with van der Waals surface area (Å²) in [6, 6.07) is 3.39. The lowest BCUT2D eigenvalue weighted by atomic mass is 9.85. The summed E-state index contributed by atoms with van der Waals surface area (Å²) in [5.74, 6) is -0.626. The van der Waals surface area contributed by atoms with Gasteiger partial charge >= 0.3 is 6.03 Å². The van der Waals surface area contributed by atoms with Gasteiger partial charge in [-0.25, -0.2) is 14.2 Å². The molecule has 1 saturated heterocycles. The van der Waals surface area contributed by atoms with E-state index in [0.29, 0.717) is 31.4 Å². The van der Waals surface area contributed by atoms with Crippen LogP contribution in [0.5, 0.6) is 0 Å². The Balaban J connectivity index is 1.29. The summed E-state index contributed by atoms with van der Waals surface area (Å²) in [4.78, 5) is 33.8. The highest BCUT2D eigenvalue weighted by atomic mass is 19.1. The van der Waals surface area contributed by atoms with Gasteiger partial charge in [-0.2, -0.15) is 0 Å². The number of halogens is 1. The molecule has 3 aliphatic rings. The Morgan fingerprint density at radius 1 is 1.18 bits per heavy atom. The molecule has 1 saturated carbocycles. The molecule has 3 amide bonds. The smallest absolute Gasteiger partial charge is 0.317 e. The number of carbonyl (C=O) groups is 2. The van der Waals surface area contributed by atoms with E-state index >= 15 is 4.39 Å². The maximum Gasteiger partial charge on any atom is 0.317 e. The molecule has 1 aliphatic carbocycles. The number of hydrogen-bond acceptors (Lipinski definition) is 5. The SMILES string of the molecule is CC1=CN(C)C(NC(=O)[C@H]2CCC[C@@H](NC(=O)N3CC[C@H](O)C3)C2)C=C1c1cc(F)c2ncn(C(C)C)c2c1. The zero-order chi connectivity index (χ0) is 27.8. The number of fused-ring (bicyclic) bond motifs is 1. The Morgan fingerprint density at radius 2 is 1.97 bits per heavy atom. The quantitative estimate of drug-likeness (QED) is 0.538. The molecule has 1 aromatic heterocycles. The molecule has 10 heteroatoms. The zero-order valence-electron chi connectivity index (χ0n) is 23.2. The van der Waals surface area contributed by atoms with Crippen LogP contribution in [0.25, 0.3) is 16.6 Å². The first kappa shape index (κ1) is 27.2. The number of carbonyl (C=O) groups excluding carboxylic acids is 2. The van der Waals surface area contributed by atoms with E-state index < -0.39 is 6.10 Å². The number of likely N-dealkylation sites (N-methyl/N-ethyl adjacent to an activating group) is 1. The molecule has 2 fully saturated rings. The first-order chi connectivity index (χ1) is 18.6. The number of nitrogens with one attached hydrogen (secondary N) is 2. The molecule has 1 unspecified atom stereocenters. The molecule has 1 aromatic carbocycles. The number of benzene rings is 1. The largest absolute Gasteiger partial charge is 0.391 e. The van der Waals surface area contributed by atoms with E-state index in [9.17, 15) is 14.7 Å². The number of β-amino-alcohol motifs (C(OH)–C–C–N with tert-alkyl or cyclic N) is 1. The minimum atomic E-state index is -0.459. The highest BCUT2D eigenvalue weighted by Crippen LogP contribution is 2.32. The van der Waals surface area contributed by atoms with Crippen molar-refractivity contribution in [2.75, 3.05) is 20.1 Å². The first-order valence-corrected chi connectivity index (χ1v) is 13.9. The van der Waals surface area contributed by atoms with Crippen LogP contribution in [0.3, 0.4) is 0 Å². The minimum absolute atomic E-state index is 0.0505. The van der Waals surface area contributed by atoms with Gasteiger partial charge in [-0.1, -0.05) is 6.42 Å². The molecule has 4 atom stereocenters. The lowest BCUT2D eigenvalue weighted by Crippen LogP contribution is -2.50. The lowest BCUT2D eigenvalue weighted by molar-refractivity contribution is -0.127. The van der Waals surface area contributed by atoms with Crippen molar-refractivity contribution in [1.82, 2.24) is 30.0 Å². The van der Waals surface area contributed by atoms with E-state index in [1.54, 1.807) is 11.2 Å². The fraction of sp³-hybridized carbons (Fsp3) is 0.552. The summed E-state index contributed by atoms with van der Waals surface area (Å²) in [6.07, 6.45) is 8.42. The topological polar surface area (TPSA) is 103 Å². The van der Waals surface area contributed by atoms with E-state index in [4.69, 9.17) is 0 Å². The monoisotopic (exact) mass is 538 g/mol. The van der Waals surface area contributed by atoms with E-state index in [0.717, 1.165) is 41.5 Å². The van der Waals surface area contributed by atoms with Gasteiger partial charge in [0, 0.05) is 44.3 Å². The van der Waals surface area contributed by atoms with Crippen LogP contribution in [0.1, 0.15) is 64.5 Å². The molecule has 3 N–H and O–H groups in total. The minimum Gasteiger partial charge on any atom is -0.391 e. The third-order valence-corrected chi connectivity index (χ3v) is 8.20. The summed E-state index contributed by atoms with van der Waals surface area (Å²) in [6.45, 7) is 6.96. The van der Waals surface area contributed by atoms with Crippen molar-refractivity contribution < 1.29 is 19.1 Å². The highest BCUT2D eigenvalue weighted by Gasteiger charge is 2.32. The third-order valence-electron chi connectivity index (χ3n) is 8.20. The van der Waals surface area contributed by atoms with Crippen LogP contribution < -0.4 is 10.6 Å². The molecule has 2 aliphatic heterocycles. The van der Waals surface area contributed by atoms with Crippen molar-refractivity contribution in [3.05, 3.63) is 47.7 Å². The zero-order valence-corrected chi connectivity index (χ0v) is 23.2. The van der Waals surface area contributed by atoms with Gasteiger partial charge in [0.2, 0.25) is 5.91 Å². The molecule has 210 valence electrons. The van der Waals surface area contributed by atoms with Crippen LogP contribution in [-0.4, -0.2) is 74.8 Å². The van der Waals surface area contributed by atoms with E-state index in [1.807, 2.05) is 55.6 Å². The molecule has 39 heavy (non-hydrogen) atoms.